The summed E-state index contributed by atoms with van der Waals surface area (Å²) in [6.07, 6.45) is 1.29. The summed E-state index contributed by atoms with van der Waals surface area (Å²) in [7, 11) is 1.48. The Labute approximate surface area is 115 Å². The first-order chi connectivity index (χ1) is 9.61. The first-order valence-corrected chi connectivity index (χ1v) is 5.75. The molecule has 0 spiro atoms. The lowest BCUT2D eigenvalue weighted by atomic mass is 10.2. The topological polar surface area (TPSA) is 88.5 Å². The van der Waals surface area contributed by atoms with E-state index in [0.29, 0.717) is 17.0 Å². The number of pyridine rings is 1. The number of amides is 1. The first kappa shape index (κ1) is 13.5. The van der Waals surface area contributed by atoms with Gasteiger partial charge in [-0.3, -0.25) is 4.79 Å². The zero-order valence-electron chi connectivity index (χ0n) is 10.7. The van der Waals surface area contributed by atoms with Crippen LogP contribution in [-0.4, -0.2) is 29.1 Å². The average Bonchev–Trinajstić information content (AvgIpc) is 2.47. The Morgan fingerprint density at radius 3 is 2.55 bits per heavy atom. The molecule has 1 heterocycles. The molecule has 1 aromatic heterocycles. The van der Waals surface area contributed by atoms with E-state index in [9.17, 15) is 9.59 Å². The molecule has 0 aliphatic rings. The van der Waals surface area contributed by atoms with Crippen molar-refractivity contribution in [3.05, 3.63) is 53.9 Å². The van der Waals surface area contributed by atoms with Gasteiger partial charge >= 0.3 is 5.97 Å². The van der Waals surface area contributed by atoms with E-state index >= 15 is 0 Å². The summed E-state index contributed by atoms with van der Waals surface area (Å²) in [5.74, 6) is -1.01. The molecule has 6 nitrogen and oxygen atoms in total. The standard InChI is InChI=1S/C14H12N2O4/c1-20-12-5-3-2-4-10(12)13(17)16-9-6-7-11(14(18)19)15-8-9/h2-8H,1H3,(H,16,17)(H,18,19). The van der Waals surface area contributed by atoms with E-state index in [1.165, 1.54) is 25.4 Å². The number of ether oxygens (including phenoxy) is 1. The van der Waals surface area contributed by atoms with Crippen molar-refractivity contribution >= 4 is 17.6 Å². The van der Waals surface area contributed by atoms with E-state index in [2.05, 4.69) is 10.3 Å². The van der Waals surface area contributed by atoms with Crippen LogP contribution in [0.5, 0.6) is 5.75 Å². The predicted molar refractivity (Wildman–Crippen MR) is 72.1 cm³/mol. The van der Waals surface area contributed by atoms with Gasteiger partial charge in [0.25, 0.3) is 5.91 Å². The van der Waals surface area contributed by atoms with E-state index in [1.807, 2.05) is 0 Å². The fourth-order valence-electron chi connectivity index (χ4n) is 1.62. The highest BCUT2D eigenvalue weighted by Crippen LogP contribution is 2.18. The Morgan fingerprint density at radius 2 is 1.95 bits per heavy atom. The second-order valence-corrected chi connectivity index (χ2v) is 3.89. The molecule has 0 atom stereocenters. The van der Waals surface area contributed by atoms with Crippen molar-refractivity contribution in [2.24, 2.45) is 0 Å². The molecule has 0 saturated heterocycles. The number of carbonyl (C=O) groups is 2. The lowest BCUT2D eigenvalue weighted by Gasteiger charge is -2.08. The first-order valence-electron chi connectivity index (χ1n) is 5.75. The predicted octanol–water partition coefficient (Wildman–Crippen LogP) is 2.04. The van der Waals surface area contributed by atoms with Crippen LogP contribution in [0.1, 0.15) is 20.8 Å². The third-order valence-corrected chi connectivity index (χ3v) is 2.59. The maximum atomic E-state index is 12.1. The van der Waals surface area contributed by atoms with E-state index in [4.69, 9.17) is 9.84 Å². The van der Waals surface area contributed by atoms with Crippen molar-refractivity contribution in [1.82, 2.24) is 4.98 Å². The van der Waals surface area contributed by atoms with Gasteiger partial charge in [0.05, 0.1) is 24.6 Å². The number of hydrogen-bond donors (Lipinski definition) is 2. The van der Waals surface area contributed by atoms with E-state index in [-0.39, 0.29) is 11.6 Å². The molecule has 20 heavy (non-hydrogen) atoms. The van der Waals surface area contributed by atoms with Crippen LogP contribution in [0.25, 0.3) is 0 Å². The number of aromatic nitrogens is 1. The number of para-hydroxylation sites is 1. The number of hydrogen-bond acceptors (Lipinski definition) is 4. The molecular formula is C14H12N2O4. The number of methoxy groups -OCH3 is 1. The zero-order valence-corrected chi connectivity index (χ0v) is 10.7. The lowest BCUT2D eigenvalue weighted by molar-refractivity contribution is 0.0690. The largest absolute Gasteiger partial charge is 0.496 e. The molecule has 0 radical (unpaired) electrons. The van der Waals surface area contributed by atoms with Gasteiger partial charge in [0.1, 0.15) is 11.4 Å². The Hall–Kier alpha value is -2.89. The summed E-state index contributed by atoms with van der Waals surface area (Å²) in [4.78, 5) is 26.5. The van der Waals surface area contributed by atoms with Crippen molar-refractivity contribution < 1.29 is 19.4 Å². The van der Waals surface area contributed by atoms with Crippen LogP contribution < -0.4 is 10.1 Å². The van der Waals surface area contributed by atoms with Gasteiger partial charge in [0.15, 0.2) is 0 Å². The third-order valence-electron chi connectivity index (χ3n) is 2.59. The minimum Gasteiger partial charge on any atom is -0.496 e. The number of nitrogens with zero attached hydrogens (tertiary/aromatic N) is 1. The number of rotatable bonds is 4. The molecule has 0 saturated carbocycles. The zero-order chi connectivity index (χ0) is 14.5. The van der Waals surface area contributed by atoms with Gasteiger partial charge in [0, 0.05) is 0 Å². The van der Waals surface area contributed by atoms with Crippen LogP contribution in [-0.2, 0) is 0 Å². The molecule has 2 aromatic rings. The minimum atomic E-state index is -1.12. The highest BCUT2D eigenvalue weighted by atomic mass is 16.5. The van der Waals surface area contributed by atoms with Crippen LogP contribution in [0, 0.1) is 0 Å². The maximum Gasteiger partial charge on any atom is 0.354 e. The monoisotopic (exact) mass is 272 g/mol. The van der Waals surface area contributed by atoms with Crippen LogP contribution in [0.2, 0.25) is 0 Å². The maximum absolute atomic E-state index is 12.1. The van der Waals surface area contributed by atoms with Gasteiger partial charge in [-0.05, 0) is 24.3 Å². The second kappa shape index (κ2) is 5.83. The second-order valence-electron chi connectivity index (χ2n) is 3.89. The van der Waals surface area contributed by atoms with Crippen molar-refractivity contribution in [3.63, 3.8) is 0 Å². The summed E-state index contributed by atoms with van der Waals surface area (Å²) >= 11 is 0. The number of carbonyl (C=O) groups excluding carboxylic acids is 1. The number of anilines is 1. The Balaban J connectivity index is 2.17. The molecule has 1 amide bonds. The highest BCUT2D eigenvalue weighted by Gasteiger charge is 2.12. The fourth-order valence-corrected chi connectivity index (χ4v) is 1.62. The van der Waals surface area contributed by atoms with Gasteiger partial charge < -0.3 is 15.2 Å². The van der Waals surface area contributed by atoms with Crippen molar-refractivity contribution in [2.75, 3.05) is 12.4 Å². The summed E-state index contributed by atoms with van der Waals surface area (Å²) in [5.41, 5.74) is 0.712. The van der Waals surface area contributed by atoms with Crippen molar-refractivity contribution in [1.29, 1.82) is 0 Å². The van der Waals surface area contributed by atoms with Crippen LogP contribution in [0.3, 0.4) is 0 Å². The molecule has 2 rings (SSSR count). The van der Waals surface area contributed by atoms with Crippen LogP contribution in [0.4, 0.5) is 5.69 Å². The Bertz CT molecular complexity index is 638. The summed E-state index contributed by atoms with van der Waals surface area (Å²) in [6, 6.07) is 9.60. The molecule has 0 bridgehead atoms. The lowest BCUT2D eigenvalue weighted by Crippen LogP contribution is -2.13. The van der Waals surface area contributed by atoms with Gasteiger partial charge in [-0.2, -0.15) is 0 Å². The molecule has 1 aromatic carbocycles. The molecule has 0 aliphatic heterocycles. The number of nitrogens with one attached hydrogen (secondary N) is 1. The SMILES string of the molecule is COc1ccccc1C(=O)Nc1ccc(C(=O)O)nc1. The molecule has 0 aliphatic carbocycles. The summed E-state index contributed by atoms with van der Waals surface area (Å²) < 4.78 is 5.10. The van der Waals surface area contributed by atoms with Gasteiger partial charge in [-0.1, -0.05) is 12.1 Å². The van der Waals surface area contributed by atoms with Crippen LogP contribution in [0.15, 0.2) is 42.6 Å². The van der Waals surface area contributed by atoms with Crippen LogP contribution >= 0.6 is 0 Å². The number of benzene rings is 1. The van der Waals surface area contributed by atoms with Gasteiger partial charge in [0.2, 0.25) is 0 Å². The van der Waals surface area contributed by atoms with E-state index in [1.54, 1.807) is 24.3 Å². The molecular weight excluding hydrogens is 260 g/mol. The van der Waals surface area contributed by atoms with E-state index < -0.39 is 5.97 Å². The molecule has 6 heteroatoms. The normalized spacial score (nSPS) is 9.85. The van der Waals surface area contributed by atoms with Crippen molar-refractivity contribution in [2.45, 2.75) is 0 Å². The number of carboxylic acid groups (broad SMARTS) is 1. The molecule has 0 fully saturated rings. The van der Waals surface area contributed by atoms with E-state index in [0.717, 1.165) is 0 Å². The molecule has 2 N–H and O–H groups in total. The average molecular weight is 272 g/mol. The third kappa shape index (κ3) is 2.92. The minimum absolute atomic E-state index is 0.0831. The smallest absolute Gasteiger partial charge is 0.354 e. The molecule has 102 valence electrons. The molecule has 0 unspecified atom stereocenters. The highest BCUT2D eigenvalue weighted by molar-refractivity contribution is 6.06. The number of aromatic carboxylic acids is 1. The number of carboxylic acids is 1. The van der Waals surface area contributed by atoms with Gasteiger partial charge in [-0.15, -0.1) is 0 Å². The summed E-state index contributed by atoms with van der Waals surface area (Å²) in [6.45, 7) is 0. The summed E-state index contributed by atoms with van der Waals surface area (Å²) in [5, 5.41) is 11.4. The Morgan fingerprint density at radius 1 is 1.20 bits per heavy atom. The quantitative estimate of drug-likeness (QED) is 0.889. The van der Waals surface area contributed by atoms with Gasteiger partial charge in [-0.25, -0.2) is 9.78 Å². The Kier molecular flexibility index (Phi) is 3.95. The fraction of sp³-hybridized carbons (Fsp3) is 0.0714. The van der Waals surface area contributed by atoms with Crippen molar-refractivity contribution in [3.8, 4) is 5.75 Å².